The summed E-state index contributed by atoms with van der Waals surface area (Å²) in [7, 11) is 0. The normalized spacial score (nSPS) is 16.7. The number of morpholine rings is 1. The quantitative estimate of drug-likeness (QED) is 0.566. The van der Waals surface area contributed by atoms with Crippen molar-refractivity contribution in [2.45, 2.75) is 19.3 Å². The number of aliphatic hydroxyl groups excluding tert-OH is 1. The van der Waals surface area contributed by atoms with Crippen LogP contribution >= 0.6 is 11.3 Å². The Morgan fingerprint density at radius 2 is 2.03 bits per heavy atom. The van der Waals surface area contributed by atoms with Crippen LogP contribution in [0.2, 0.25) is 0 Å². The van der Waals surface area contributed by atoms with Gasteiger partial charge in [-0.15, -0.1) is 11.3 Å². The number of nitrogens with zero attached hydrogens (tertiary/aromatic N) is 4. The Hall–Kier alpha value is -2.07. The van der Waals surface area contributed by atoms with Crippen LogP contribution in [0.25, 0.3) is 20.4 Å². The summed E-state index contributed by atoms with van der Waals surface area (Å²) in [6.07, 6.45) is 4.96. The molecule has 2 N–H and O–H groups in total. The Morgan fingerprint density at radius 1 is 1.17 bits per heavy atom. The molecule has 154 valence electrons. The Morgan fingerprint density at radius 3 is 2.90 bits per heavy atom. The van der Waals surface area contributed by atoms with Gasteiger partial charge in [-0.25, -0.2) is 15.0 Å². The molecule has 0 saturated carbocycles. The molecule has 0 aromatic carbocycles. The maximum absolute atomic E-state index is 8.82. The maximum Gasteiger partial charge on any atom is 0.147 e. The molecule has 5 rings (SSSR count). The summed E-state index contributed by atoms with van der Waals surface area (Å²) in [6, 6.07) is 0. The van der Waals surface area contributed by atoms with Crippen molar-refractivity contribution >= 4 is 43.4 Å². The zero-order valence-electron chi connectivity index (χ0n) is 16.3. The highest BCUT2D eigenvalue weighted by Gasteiger charge is 2.27. The maximum atomic E-state index is 8.82. The predicted octanol–water partition coefficient (Wildman–Crippen LogP) is 1.99. The molecule has 1 fully saturated rings. The molecule has 4 heterocycles. The summed E-state index contributed by atoms with van der Waals surface area (Å²) in [5.74, 6) is 1.96. The van der Waals surface area contributed by atoms with Crippen molar-refractivity contribution in [3.63, 3.8) is 0 Å². The fourth-order valence-corrected chi connectivity index (χ4v) is 5.37. The number of hydrogen-bond donors (Lipinski definition) is 2. The van der Waals surface area contributed by atoms with E-state index in [1.807, 2.05) is 0 Å². The number of aryl methyl sites for hydroxylation is 1. The number of anilines is 2. The molecule has 29 heavy (non-hydrogen) atoms. The first-order valence-electron chi connectivity index (χ1n) is 10.2. The van der Waals surface area contributed by atoms with Gasteiger partial charge in [0.15, 0.2) is 0 Å². The molecule has 0 spiro atoms. The lowest BCUT2D eigenvalue weighted by molar-refractivity contribution is 0.0992. The van der Waals surface area contributed by atoms with E-state index in [0.717, 1.165) is 65.8 Å². The first-order valence-corrected chi connectivity index (χ1v) is 11.0. The van der Waals surface area contributed by atoms with Crippen LogP contribution in [0.3, 0.4) is 0 Å². The molecule has 3 aromatic heterocycles. The molecule has 8 nitrogen and oxygen atoms in total. The Labute approximate surface area is 172 Å². The molecule has 2 aliphatic rings. The number of hydrogen-bond acceptors (Lipinski definition) is 9. The van der Waals surface area contributed by atoms with E-state index >= 15 is 0 Å². The highest BCUT2D eigenvalue weighted by molar-refractivity contribution is 7.26. The summed E-state index contributed by atoms with van der Waals surface area (Å²) >= 11 is 1.66. The van der Waals surface area contributed by atoms with Crippen LogP contribution in [0.5, 0.6) is 0 Å². The van der Waals surface area contributed by atoms with Crippen molar-refractivity contribution in [1.29, 1.82) is 0 Å². The fourth-order valence-electron chi connectivity index (χ4n) is 4.25. The molecule has 1 aliphatic carbocycles. The van der Waals surface area contributed by atoms with E-state index < -0.39 is 0 Å². The second-order valence-corrected chi connectivity index (χ2v) is 8.29. The zero-order chi connectivity index (χ0) is 19.6. The van der Waals surface area contributed by atoms with Gasteiger partial charge < -0.3 is 24.8 Å². The van der Waals surface area contributed by atoms with Crippen molar-refractivity contribution in [3.8, 4) is 0 Å². The molecular weight excluding hydrogens is 390 g/mol. The molecule has 0 amide bonds. The van der Waals surface area contributed by atoms with E-state index in [1.54, 1.807) is 17.7 Å². The SMILES string of the molecule is OCCOCCNc1ncnc2c1sc1nc(N3CCOCC3)c3c(c12)CCC3. The topological polar surface area (TPSA) is 92.6 Å². The van der Waals surface area contributed by atoms with E-state index in [1.165, 1.54) is 22.9 Å². The van der Waals surface area contributed by atoms with Crippen molar-refractivity contribution in [3.05, 3.63) is 17.5 Å². The minimum Gasteiger partial charge on any atom is -0.394 e. The molecule has 1 saturated heterocycles. The minimum absolute atomic E-state index is 0.0380. The summed E-state index contributed by atoms with van der Waals surface area (Å²) in [6.45, 7) is 4.86. The van der Waals surface area contributed by atoms with Gasteiger partial charge in [0.1, 0.15) is 22.8 Å². The molecule has 3 aromatic rings. The Bertz CT molecular complexity index is 1020. The second kappa shape index (κ2) is 8.35. The van der Waals surface area contributed by atoms with E-state index in [-0.39, 0.29) is 6.61 Å². The number of pyridine rings is 1. The molecule has 0 atom stereocenters. The molecular formula is C20H25N5O3S. The van der Waals surface area contributed by atoms with E-state index in [0.29, 0.717) is 19.8 Å². The lowest BCUT2D eigenvalue weighted by atomic mass is 10.1. The smallest absolute Gasteiger partial charge is 0.147 e. The number of rotatable bonds is 7. The Kier molecular flexibility index (Phi) is 5.45. The Balaban J connectivity index is 1.54. The summed E-state index contributed by atoms with van der Waals surface area (Å²) in [5.41, 5.74) is 3.81. The highest BCUT2D eigenvalue weighted by Crippen LogP contribution is 2.43. The third-order valence-electron chi connectivity index (χ3n) is 5.54. The van der Waals surface area contributed by atoms with Crippen LogP contribution in [0.1, 0.15) is 17.5 Å². The average molecular weight is 416 g/mol. The summed E-state index contributed by atoms with van der Waals surface area (Å²) in [5, 5.41) is 13.4. The summed E-state index contributed by atoms with van der Waals surface area (Å²) < 4.78 is 11.9. The van der Waals surface area contributed by atoms with Gasteiger partial charge in [0.05, 0.1) is 43.3 Å². The third-order valence-corrected chi connectivity index (χ3v) is 6.61. The number of fused-ring (bicyclic) bond motifs is 5. The number of nitrogens with one attached hydrogen (secondary N) is 1. The van der Waals surface area contributed by atoms with Crippen LogP contribution in [-0.4, -0.2) is 72.7 Å². The molecule has 9 heteroatoms. The van der Waals surface area contributed by atoms with Gasteiger partial charge in [0.25, 0.3) is 0 Å². The van der Waals surface area contributed by atoms with Crippen LogP contribution in [-0.2, 0) is 22.3 Å². The molecule has 0 radical (unpaired) electrons. The van der Waals surface area contributed by atoms with Gasteiger partial charge in [-0.1, -0.05) is 0 Å². The van der Waals surface area contributed by atoms with Gasteiger partial charge in [-0.05, 0) is 30.4 Å². The molecule has 0 unspecified atom stereocenters. The van der Waals surface area contributed by atoms with Gasteiger partial charge in [0.2, 0.25) is 0 Å². The lowest BCUT2D eigenvalue weighted by Crippen LogP contribution is -2.37. The van der Waals surface area contributed by atoms with Crippen molar-refractivity contribution in [2.24, 2.45) is 0 Å². The van der Waals surface area contributed by atoms with Crippen LogP contribution in [0, 0.1) is 0 Å². The average Bonchev–Trinajstić information content (AvgIpc) is 3.38. The second-order valence-electron chi connectivity index (χ2n) is 7.29. The van der Waals surface area contributed by atoms with Gasteiger partial charge in [-0.2, -0.15) is 0 Å². The first kappa shape index (κ1) is 18.9. The van der Waals surface area contributed by atoms with Gasteiger partial charge in [-0.3, -0.25) is 0 Å². The zero-order valence-corrected chi connectivity index (χ0v) is 17.1. The standard InChI is InChI=1S/C20H25N5O3S/c26-7-11-27-8-4-21-18-17-16(22-12-23-18)15-13-2-1-3-14(13)19(24-20(15)29-17)25-5-9-28-10-6-25/h12,26H,1-11H2,(H,21,22,23). The predicted molar refractivity (Wildman–Crippen MR) is 114 cm³/mol. The summed E-state index contributed by atoms with van der Waals surface area (Å²) in [4.78, 5) is 17.6. The highest BCUT2D eigenvalue weighted by atomic mass is 32.1. The fraction of sp³-hybridized carbons (Fsp3) is 0.550. The lowest BCUT2D eigenvalue weighted by Gasteiger charge is -2.29. The van der Waals surface area contributed by atoms with Crippen LogP contribution < -0.4 is 10.2 Å². The first-order chi connectivity index (χ1) is 14.4. The molecule has 1 aliphatic heterocycles. The minimum atomic E-state index is 0.0380. The number of thiophene rings is 1. The van der Waals surface area contributed by atoms with Crippen LogP contribution in [0.15, 0.2) is 6.33 Å². The largest absolute Gasteiger partial charge is 0.394 e. The van der Waals surface area contributed by atoms with Crippen LogP contribution in [0.4, 0.5) is 11.6 Å². The van der Waals surface area contributed by atoms with E-state index in [2.05, 4.69) is 20.2 Å². The third kappa shape index (κ3) is 3.52. The molecule has 0 bridgehead atoms. The van der Waals surface area contributed by atoms with Gasteiger partial charge in [0, 0.05) is 25.0 Å². The van der Waals surface area contributed by atoms with Crippen molar-refractivity contribution in [2.75, 3.05) is 62.9 Å². The van der Waals surface area contributed by atoms with Crippen molar-refractivity contribution < 1.29 is 14.6 Å². The monoisotopic (exact) mass is 415 g/mol. The number of ether oxygens (including phenoxy) is 2. The van der Waals surface area contributed by atoms with E-state index in [4.69, 9.17) is 19.6 Å². The number of aromatic nitrogens is 3. The number of aliphatic hydroxyl groups is 1. The van der Waals surface area contributed by atoms with E-state index in [9.17, 15) is 0 Å². The van der Waals surface area contributed by atoms with Crippen molar-refractivity contribution in [1.82, 2.24) is 15.0 Å². The van der Waals surface area contributed by atoms with Gasteiger partial charge >= 0.3 is 0 Å².